The van der Waals surface area contributed by atoms with E-state index < -0.39 is 10.9 Å². The van der Waals surface area contributed by atoms with Crippen molar-refractivity contribution in [1.29, 1.82) is 0 Å². The molecule has 0 radical (unpaired) electrons. The van der Waals surface area contributed by atoms with Crippen LogP contribution in [0.3, 0.4) is 0 Å². The first-order valence-corrected chi connectivity index (χ1v) is 5.66. The number of carbonyl (C=O) groups is 1. The van der Waals surface area contributed by atoms with Crippen molar-refractivity contribution in [2.24, 2.45) is 5.92 Å². The van der Waals surface area contributed by atoms with Crippen LogP contribution < -0.4 is 0 Å². The summed E-state index contributed by atoms with van der Waals surface area (Å²) in [7, 11) is 0. The quantitative estimate of drug-likeness (QED) is 0.651. The Morgan fingerprint density at radius 1 is 1.56 bits per heavy atom. The van der Waals surface area contributed by atoms with E-state index in [1.165, 1.54) is 12.1 Å². The van der Waals surface area contributed by atoms with Gasteiger partial charge in [-0.2, -0.15) is 0 Å². The van der Waals surface area contributed by atoms with Gasteiger partial charge in [-0.3, -0.25) is 10.1 Å². The van der Waals surface area contributed by atoms with E-state index in [1.54, 1.807) is 6.07 Å². The van der Waals surface area contributed by atoms with E-state index in [9.17, 15) is 14.9 Å². The maximum atomic E-state index is 11.0. The molecule has 1 heterocycles. The van der Waals surface area contributed by atoms with Crippen molar-refractivity contribution in [2.45, 2.75) is 12.8 Å². The zero-order chi connectivity index (χ0) is 13.1. The molecule has 0 spiro atoms. The van der Waals surface area contributed by atoms with Gasteiger partial charge in [-0.05, 0) is 30.4 Å². The molecule has 0 amide bonds. The average Bonchev–Trinajstić information content (AvgIpc) is 2.81. The van der Waals surface area contributed by atoms with Crippen LogP contribution in [0.4, 0.5) is 5.69 Å². The highest BCUT2D eigenvalue weighted by Gasteiger charge is 2.22. The lowest BCUT2D eigenvalue weighted by atomic mass is 9.97. The molecule has 1 aliphatic rings. The summed E-state index contributed by atoms with van der Waals surface area (Å²) in [5.41, 5.74) is 0.179. The average molecular weight is 251 g/mol. The molecule has 1 aromatic carbocycles. The maximum Gasteiger partial charge on any atom is 0.342 e. The van der Waals surface area contributed by atoms with Gasteiger partial charge in [-0.1, -0.05) is 6.07 Å². The predicted octanol–water partition coefficient (Wildman–Crippen LogP) is 1.87. The van der Waals surface area contributed by atoms with E-state index in [-0.39, 0.29) is 11.3 Å². The number of ether oxygens (including phenoxy) is 1. The standard InChI is InChI=1S/C12H13NO5/c14-12(15)10-6-8(1-2-11(10)13(16)17)5-9-3-4-18-7-9/h1-2,6,9H,3-5,7H2,(H,14,15)/t9-/m1/s1. The summed E-state index contributed by atoms with van der Waals surface area (Å²) in [6, 6.07) is 4.26. The molecule has 1 atom stereocenters. The molecule has 18 heavy (non-hydrogen) atoms. The summed E-state index contributed by atoms with van der Waals surface area (Å²) in [4.78, 5) is 21.0. The van der Waals surface area contributed by atoms with Gasteiger partial charge in [-0.25, -0.2) is 4.79 Å². The van der Waals surface area contributed by atoms with Gasteiger partial charge in [0.1, 0.15) is 5.56 Å². The minimum absolute atomic E-state index is 0.253. The highest BCUT2D eigenvalue weighted by Crippen LogP contribution is 2.24. The predicted molar refractivity (Wildman–Crippen MR) is 62.7 cm³/mol. The van der Waals surface area contributed by atoms with E-state index in [4.69, 9.17) is 9.84 Å². The number of nitro groups is 1. The first kappa shape index (κ1) is 12.5. The van der Waals surface area contributed by atoms with E-state index in [1.807, 2.05) is 0 Å². The summed E-state index contributed by atoms with van der Waals surface area (Å²) in [6.07, 6.45) is 1.64. The van der Waals surface area contributed by atoms with Crippen LogP contribution >= 0.6 is 0 Å². The summed E-state index contributed by atoms with van der Waals surface area (Å²) < 4.78 is 5.24. The van der Waals surface area contributed by atoms with Crippen molar-refractivity contribution < 1.29 is 19.6 Å². The van der Waals surface area contributed by atoms with Gasteiger partial charge in [0.2, 0.25) is 0 Å². The molecule has 0 aliphatic carbocycles. The minimum atomic E-state index is -1.27. The van der Waals surface area contributed by atoms with Crippen LogP contribution in [0.2, 0.25) is 0 Å². The van der Waals surface area contributed by atoms with Crippen molar-refractivity contribution >= 4 is 11.7 Å². The summed E-state index contributed by atoms with van der Waals surface area (Å²) >= 11 is 0. The number of carboxylic acid groups (broad SMARTS) is 1. The zero-order valence-corrected chi connectivity index (χ0v) is 9.67. The van der Waals surface area contributed by atoms with Crippen molar-refractivity contribution in [3.05, 3.63) is 39.4 Å². The normalized spacial score (nSPS) is 18.8. The number of hydrogen-bond donors (Lipinski definition) is 1. The van der Waals surface area contributed by atoms with E-state index >= 15 is 0 Å². The van der Waals surface area contributed by atoms with Gasteiger partial charge in [0.15, 0.2) is 0 Å². The molecule has 6 heteroatoms. The third kappa shape index (κ3) is 2.65. The Labute approximate surface area is 103 Å². The van der Waals surface area contributed by atoms with Crippen LogP contribution in [0.25, 0.3) is 0 Å². The third-order valence-electron chi connectivity index (χ3n) is 3.04. The Bertz CT molecular complexity index is 479. The van der Waals surface area contributed by atoms with Crippen molar-refractivity contribution in [3.8, 4) is 0 Å². The van der Waals surface area contributed by atoms with E-state index in [2.05, 4.69) is 0 Å². The van der Waals surface area contributed by atoms with Crippen molar-refractivity contribution in [1.82, 2.24) is 0 Å². The fourth-order valence-corrected chi connectivity index (χ4v) is 2.12. The van der Waals surface area contributed by atoms with Crippen LogP contribution in [0.15, 0.2) is 18.2 Å². The Hall–Kier alpha value is -1.95. The first-order chi connectivity index (χ1) is 8.58. The second kappa shape index (κ2) is 5.14. The van der Waals surface area contributed by atoms with Gasteiger partial charge in [-0.15, -0.1) is 0 Å². The van der Waals surface area contributed by atoms with E-state index in [0.29, 0.717) is 18.9 Å². The number of hydrogen-bond acceptors (Lipinski definition) is 4. The fraction of sp³-hybridized carbons (Fsp3) is 0.417. The van der Waals surface area contributed by atoms with Crippen molar-refractivity contribution in [2.75, 3.05) is 13.2 Å². The Kier molecular flexibility index (Phi) is 3.57. The smallest absolute Gasteiger partial charge is 0.342 e. The SMILES string of the molecule is O=C(O)c1cc(C[C@H]2CCOC2)ccc1[N+](=O)[O-]. The monoisotopic (exact) mass is 251 g/mol. The number of nitrogens with zero attached hydrogens (tertiary/aromatic N) is 1. The zero-order valence-electron chi connectivity index (χ0n) is 9.67. The number of rotatable bonds is 4. The number of benzene rings is 1. The van der Waals surface area contributed by atoms with Crippen LogP contribution in [0.1, 0.15) is 22.3 Å². The highest BCUT2D eigenvalue weighted by molar-refractivity contribution is 5.92. The summed E-state index contributed by atoms with van der Waals surface area (Å²) in [6.45, 7) is 1.39. The maximum absolute atomic E-state index is 11.0. The molecule has 0 bridgehead atoms. The van der Waals surface area contributed by atoms with Crippen LogP contribution in [-0.4, -0.2) is 29.2 Å². The number of carboxylic acids is 1. The molecular formula is C12H13NO5. The molecular weight excluding hydrogens is 238 g/mol. The highest BCUT2D eigenvalue weighted by atomic mass is 16.6. The molecule has 1 aromatic rings. The lowest BCUT2D eigenvalue weighted by molar-refractivity contribution is -0.385. The molecule has 1 fully saturated rings. The molecule has 2 rings (SSSR count). The Morgan fingerprint density at radius 3 is 2.89 bits per heavy atom. The molecule has 0 aromatic heterocycles. The molecule has 1 saturated heterocycles. The Balaban J connectivity index is 2.24. The van der Waals surface area contributed by atoms with Gasteiger partial charge >= 0.3 is 5.97 Å². The van der Waals surface area contributed by atoms with E-state index in [0.717, 1.165) is 18.6 Å². The largest absolute Gasteiger partial charge is 0.477 e. The summed E-state index contributed by atoms with van der Waals surface area (Å²) in [5, 5.41) is 19.7. The van der Waals surface area contributed by atoms with Gasteiger partial charge in [0.05, 0.1) is 4.92 Å². The Morgan fingerprint density at radius 2 is 2.33 bits per heavy atom. The van der Waals surface area contributed by atoms with Crippen LogP contribution in [0.5, 0.6) is 0 Å². The van der Waals surface area contributed by atoms with Crippen LogP contribution in [0, 0.1) is 16.0 Å². The molecule has 96 valence electrons. The van der Waals surface area contributed by atoms with Gasteiger partial charge in [0.25, 0.3) is 5.69 Å². The molecule has 0 unspecified atom stereocenters. The molecule has 1 N–H and O–H groups in total. The minimum Gasteiger partial charge on any atom is -0.477 e. The first-order valence-electron chi connectivity index (χ1n) is 5.66. The van der Waals surface area contributed by atoms with Crippen LogP contribution in [-0.2, 0) is 11.2 Å². The van der Waals surface area contributed by atoms with Crippen molar-refractivity contribution in [3.63, 3.8) is 0 Å². The molecule has 1 aliphatic heterocycles. The fourth-order valence-electron chi connectivity index (χ4n) is 2.12. The second-order valence-electron chi connectivity index (χ2n) is 4.35. The van der Waals surface area contributed by atoms with Gasteiger partial charge in [0, 0.05) is 19.3 Å². The lowest BCUT2D eigenvalue weighted by Gasteiger charge is -2.08. The van der Waals surface area contributed by atoms with Gasteiger partial charge < -0.3 is 9.84 Å². The number of nitro benzene ring substituents is 1. The molecule has 6 nitrogen and oxygen atoms in total. The third-order valence-corrected chi connectivity index (χ3v) is 3.04. The number of aromatic carboxylic acids is 1. The topological polar surface area (TPSA) is 89.7 Å². The molecule has 0 saturated carbocycles. The lowest BCUT2D eigenvalue weighted by Crippen LogP contribution is -2.07. The summed E-state index contributed by atoms with van der Waals surface area (Å²) in [5.74, 6) is -0.903. The second-order valence-corrected chi connectivity index (χ2v) is 4.35.